The molecule has 0 radical (unpaired) electrons. The minimum atomic E-state index is 0.524. The Morgan fingerprint density at radius 3 is 2.74 bits per heavy atom. The minimum Gasteiger partial charge on any atom is -0.335 e. The highest BCUT2D eigenvalue weighted by Gasteiger charge is 2.17. The first kappa shape index (κ1) is 26.2. The van der Waals surface area contributed by atoms with Gasteiger partial charge in [0.05, 0.1) is 22.7 Å². The zero-order chi connectivity index (χ0) is 26.6. The Bertz CT molecular complexity index is 1550. The number of hydrogen-bond acceptors (Lipinski definition) is 5. The van der Waals surface area contributed by atoms with Gasteiger partial charge < -0.3 is 4.98 Å². The highest BCUT2D eigenvalue weighted by Crippen LogP contribution is 2.32. The van der Waals surface area contributed by atoms with Gasteiger partial charge in [-0.15, -0.1) is 11.8 Å². The number of H-pyrrole nitrogens is 2. The third kappa shape index (κ3) is 5.54. The van der Waals surface area contributed by atoms with E-state index in [1.807, 2.05) is 18.5 Å². The van der Waals surface area contributed by atoms with Crippen LogP contribution in [-0.2, 0) is 0 Å². The summed E-state index contributed by atoms with van der Waals surface area (Å²) in [6, 6.07) is 6.44. The Hall–Kier alpha value is -3.42. The number of imidazole rings is 1. The van der Waals surface area contributed by atoms with Gasteiger partial charge in [0.1, 0.15) is 5.69 Å². The van der Waals surface area contributed by atoms with Gasteiger partial charge in [0.2, 0.25) is 0 Å². The van der Waals surface area contributed by atoms with Gasteiger partial charge in [0.25, 0.3) is 0 Å². The van der Waals surface area contributed by atoms with Crippen LogP contribution in [0.5, 0.6) is 0 Å². The molecule has 0 saturated carbocycles. The number of rotatable bonds is 9. The summed E-state index contributed by atoms with van der Waals surface area (Å²) in [6.45, 7) is 15.9. The van der Waals surface area contributed by atoms with Crippen LogP contribution in [0.4, 0.5) is 0 Å². The first-order valence-corrected chi connectivity index (χ1v) is 14.3. The van der Waals surface area contributed by atoms with Crippen molar-refractivity contribution in [3.63, 3.8) is 0 Å². The number of nitrogens with one attached hydrogen (secondary N) is 2. The summed E-state index contributed by atoms with van der Waals surface area (Å²) >= 11 is 1.81. The molecule has 1 saturated heterocycles. The number of pyridine rings is 1. The summed E-state index contributed by atoms with van der Waals surface area (Å²) in [7, 11) is 0. The fourth-order valence-electron chi connectivity index (χ4n) is 4.91. The molecule has 38 heavy (non-hydrogen) atoms. The van der Waals surface area contributed by atoms with E-state index < -0.39 is 0 Å². The maximum absolute atomic E-state index is 4.99. The van der Waals surface area contributed by atoms with E-state index in [1.54, 1.807) is 11.8 Å². The van der Waals surface area contributed by atoms with E-state index >= 15 is 0 Å². The summed E-state index contributed by atoms with van der Waals surface area (Å²) in [5, 5.41) is 11.6. The molecule has 3 aromatic heterocycles. The van der Waals surface area contributed by atoms with Gasteiger partial charge in [-0.25, -0.2) is 4.98 Å². The van der Waals surface area contributed by atoms with Crippen LogP contribution in [0.3, 0.4) is 0 Å². The summed E-state index contributed by atoms with van der Waals surface area (Å²) in [5.74, 6) is 0.736. The number of aromatic nitrogens is 5. The second-order valence-corrected chi connectivity index (χ2v) is 11.6. The maximum Gasteiger partial charge on any atom is 0.159 e. The van der Waals surface area contributed by atoms with Crippen LogP contribution in [-0.4, -0.2) is 54.9 Å². The van der Waals surface area contributed by atoms with E-state index in [9.17, 15) is 0 Å². The molecule has 4 heterocycles. The molecule has 1 aliphatic heterocycles. The molecule has 1 aliphatic rings. The van der Waals surface area contributed by atoms with Gasteiger partial charge >= 0.3 is 0 Å². The van der Waals surface area contributed by atoms with Crippen molar-refractivity contribution in [3.05, 3.63) is 77.5 Å². The van der Waals surface area contributed by atoms with Crippen LogP contribution in [0.25, 0.3) is 44.6 Å². The second-order valence-electron chi connectivity index (χ2n) is 10.1. The van der Waals surface area contributed by atoms with Crippen LogP contribution in [0.15, 0.2) is 66.4 Å². The molecular formula is C31H36N6S. The zero-order valence-electron chi connectivity index (χ0n) is 22.7. The van der Waals surface area contributed by atoms with E-state index in [0.29, 0.717) is 5.25 Å². The standard InChI is InChI=1S/C31H36N6S/c1-6-22(18-37-12-8-9-13-37)14-23(7-2)24-10-11-27-25(15-24)30(36-35-27)31-33-28-17-32-16-26(29(28)34-31)21(5)19-38-20(3)4/h6-7,10-11,14-17,19-20H,1,8-9,12-13,18H2,2-5H3,(H,33,34)(H,35,36)/b21-19+,22-14+,23-7+. The molecule has 1 aromatic carbocycles. The van der Waals surface area contributed by atoms with Crippen LogP contribution >= 0.6 is 11.8 Å². The number of benzene rings is 1. The van der Waals surface area contributed by atoms with Gasteiger partial charge in [-0.3, -0.25) is 15.0 Å². The molecule has 6 nitrogen and oxygen atoms in total. The highest BCUT2D eigenvalue weighted by atomic mass is 32.2. The van der Waals surface area contributed by atoms with E-state index in [4.69, 9.17) is 4.98 Å². The van der Waals surface area contributed by atoms with Gasteiger partial charge in [-0.2, -0.15) is 5.10 Å². The van der Waals surface area contributed by atoms with Gasteiger partial charge in [0, 0.05) is 28.9 Å². The summed E-state index contributed by atoms with van der Waals surface area (Å²) in [4.78, 5) is 15.4. The van der Waals surface area contributed by atoms with Crippen molar-refractivity contribution in [1.82, 2.24) is 30.0 Å². The normalized spacial score (nSPS) is 15.9. The highest BCUT2D eigenvalue weighted by molar-refractivity contribution is 8.02. The van der Waals surface area contributed by atoms with E-state index in [-0.39, 0.29) is 0 Å². The van der Waals surface area contributed by atoms with Gasteiger partial charge in [0.15, 0.2) is 5.82 Å². The number of fused-ring (bicyclic) bond motifs is 2. The average Bonchev–Trinajstić information content (AvgIpc) is 3.68. The number of likely N-dealkylation sites (tertiary alicyclic amines) is 1. The van der Waals surface area contributed by atoms with Crippen LogP contribution in [0, 0.1) is 0 Å². The third-order valence-electron chi connectivity index (χ3n) is 6.98. The molecular weight excluding hydrogens is 488 g/mol. The molecule has 0 amide bonds. The predicted octanol–water partition coefficient (Wildman–Crippen LogP) is 7.62. The largest absolute Gasteiger partial charge is 0.335 e. The molecule has 0 bridgehead atoms. The monoisotopic (exact) mass is 524 g/mol. The minimum absolute atomic E-state index is 0.524. The number of nitrogens with zero attached hydrogens (tertiary/aromatic N) is 4. The number of thioether (sulfide) groups is 1. The van der Waals surface area contributed by atoms with Crippen molar-refractivity contribution in [3.8, 4) is 11.5 Å². The summed E-state index contributed by atoms with van der Waals surface area (Å²) in [6.07, 6.45) is 12.7. The fraction of sp³-hybridized carbons (Fsp3) is 0.323. The lowest BCUT2D eigenvalue weighted by Crippen LogP contribution is -2.21. The Kier molecular flexibility index (Phi) is 7.95. The molecule has 1 fully saturated rings. The number of hydrogen-bond donors (Lipinski definition) is 2. The fourth-order valence-corrected chi connectivity index (χ4v) is 5.51. The van der Waals surface area contributed by atoms with Gasteiger partial charge in [-0.05, 0) is 79.6 Å². The predicted molar refractivity (Wildman–Crippen MR) is 163 cm³/mol. The van der Waals surface area contributed by atoms with Crippen molar-refractivity contribution in [1.29, 1.82) is 0 Å². The zero-order valence-corrected chi connectivity index (χ0v) is 23.5. The Balaban J connectivity index is 1.51. The summed E-state index contributed by atoms with van der Waals surface area (Å²) in [5.41, 5.74) is 9.36. The second kappa shape index (κ2) is 11.5. The Morgan fingerprint density at radius 2 is 2.00 bits per heavy atom. The molecule has 196 valence electrons. The Morgan fingerprint density at radius 1 is 1.18 bits per heavy atom. The first-order chi connectivity index (χ1) is 18.5. The lowest BCUT2D eigenvalue weighted by atomic mass is 10.00. The first-order valence-electron chi connectivity index (χ1n) is 13.3. The molecule has 0 atom stereocenters. The molecule has 0 spiro atoms. The molecule has 5 rings (SSSR count). The molecule has 4 aromatic rings. The summed E-state index contributed by atoms with van der Waals surface area (Å²) < 4.78 is 0. The lowest BCUT2D eigenvalue weighted by molar-refractivity contribution is 0.371. The van der Waals surface area contributed by atoms with E-state index in [2.05, 4.69) is 95.1 Å². The van der Waals surface area contributed by atoms with Gasteiger partial charge in [-0.1, -0.05) is 44.7 Å². The smallest absolute Gasteiger partial charge is 0.159 e. The van der Waals surface area contributed by atoms with Crippen LogP contribution in [0.2, 0.25) is 0 Å². The molecule has 7 heteroatoms. The van der Waals surface area contributed by atoms with E-state index in [1.165, 1.54) is 37.1 Å². The van der Waals surface area contributed by atoms with E-state index in [0.717, 1.165) is 56.7 Å². The maximum atomic E-state index is 4.99. The average molecular weight is 525 g/mol. The lowest BCUT2D eigenvalue weighted by Gasteiger charge is -2.15. The topological polar surface area (TPSA) is 73.5 Å². The molecule has 2 N–H and O–H groups in total. The third-order valence-corrected chi connectivity index (χ3v) is 8.01. The van der Waals surface area contributed by atoms with Crippen molar-refractivity contribution in [2.24, 2.45) is 0 Å². The van der Waals surface area contributed by atoms with Crippen molar-refractivity contribution in [2.45, 2.75) is 45.8 Å². The Labute approximate surface area is 229 Å². The molecule has 0 aliphatic carbocycles. The van der Waals surface area contributed by atoms with Crippen molar-refractivity contribution < 1.29 is 0 Å². The van der Waals surface area contributed by atoms with Crippen molar-refractivity contribution >= 4 is 44.8 Å². The van der Waals surface area contributed by atoms with Crippen molar-refractivity contribution in [2.75, 3.05) is 19.6 Å². The number of allylic oxidation sites excluding steroid dienone is 4. The van der Waals surface area contributed by atoms with Crippen LogP contribution < -0.4 is 0 Å². The molecule has 0 unspecified atom stereocenters. The van der Waals surface area contributed by atoms with Crippen LogP contribution in [0.1, 0.15) is 51.7 Å². The quantitative estimate of drug-likeness (QED) is 0.220. The SMILES string of the molecule is C=C/C(=C\C(=C/C)c1ccc2[nH]nc(-c3nc4c(/C(C)=C/SC(C)C)cncc4[nH]3)c2c1)CN1CCCC1. The number of aromatic amines is 2.